The number of rotatable bonds is 6. The van der Waals surface area contributed by atoms with Crippen LogP contribution < -0.4 is 10.6 Å². The molecule has 1 aliphatic heterocycles. The second kappa shape index (κ2) is 9.22. The molecule has 1 heterocycles. The molecule has 0 aromatic heterocycles. The summed E-state index contributed by atoms with van der Waals surface area (Å²) >= 11 is 0. The number of hydrogen-bond donors (Lipinski definition) is 2. The van der Waals surface area contributed by atoms with Crippen molar-refractivity contribution in [3.63, 3.8) is 0 Å². The number of piperidine rings is 1. The molecule has 1 fully saturated rings. The quantitative estimate of drug-likeness (QED) is 0.580. The van der Waals surface area contributed by atoms with E-state index in [0.717, 1.165) is 43.9 Å². The first kappa shape index (κ1) is 17.3. The molecule has 4 nitrogen and oxygen atoms in total. The predicted octanol–water partition coefficient (Wildman–Crippen LogP) is 2.32. The second-order valence-electron chi connectivity index (χ2n) is 6.42. The van der Waals surface area contributed by atoms with Crippen LogP contribution in [0.25, 0.3) is 0 Å². The highest BCUT2D eigenvalue weighted by atomic mass is 15.2. The fraction of sp³-hybridized carbons (Fsp3) is 0.938. The molecule has 0 bridgehead atoms. The lowest BCUT2D eigenvalue weighted by Gasteiger charge is -2.34. The molecule has 118 valence electrons. The van der Waals surface area contributed by atoms with Crippen LogP contribution in [0.3, 0.4) is 0 Å². The van der Waals surface area contributed by atoms with Crippen molar-refractivity contribution >= 4 is 5.96 Å². The van der Waals surface area contributed by atoms with E-state index in [4.69, 9.17) is 4.99 Å². The van der Waals surface area contributed by atoms with Gasteiger partial charge in [0.2, 0.25) is 0 Å². The van der Waals surface area contributed by atoms with Crippen molar-refractivity contribution in [2.24, 2.45) is 16.8 Å². The van der Waals surface area contributed by atoms with Gasteiger partial charge in [-0.2, -0.15) is 0 Å². The molecular formula is C16H34N4. The summed E-state index contributed by atoms with van der Waals surface area (Å²) < 4.78 is 0. The summed E-state index contributed by atoms with van der Waals surface area (Å²) in [6, 6.07) is 0.475. The molecule has 3 unspecified atom stereocenters. The van der Waals surface area contributed by atoms with Gasteiger partial charge in [0, 0.05) is 32.2 Å². The molecule has 1 saturated heterocycles. The van der Waals surface area contributed by atoms with E-state index in [1.807, 2.05) is 0 Å². The van der Waals surface area contributed by atoms with Gasteiger partial charge in [0.25, 0.3) is 0 Å². The third-order valence-corrected chi connectivity index (χ3v) is 3.97. The van der Waals surface area contributed by atoms with Crippen LogP contribution in [0.15, 0.2) is 4.99 Å². The Labute approximate surface area is 125 Å². The van der Waals surface area contributed by atoms with Gasteiger partial charge >= 0.3 is 0 Å². The molecule has 0 aromatic carbocycles. The minimum atomic E-state index is 0.475. The number of hydrogen-bond acceptors (Lipinski definition) is 2. The van der Waals surface area contributed by atoms with Crippen molar-refractivity contribution < 1.29 is 0 Å². The number of guanidine groups is 1. The molecule has 0 aliphatic carbocycles. The molecule has 0 radical (unpaired) electrons. The molecule has 0 saturated carbocycles. The Morgan fingerprint density at radius 1 is 1.25 bits per heavy atom. The lowest BCUT2D eigenvalue weighted by atomic mass is 9.92. The molecule has 0 amide bonds. The lowest BCUT2D eigenvalue weighted by molar-refractivity contribution is 0.145. The average molecular weight is 282 g/mol. The topological polar surface area (TPSA) is 39.7 Å². The minimum absolute atomic E-state index is 0.475. The number of likely N-dealkylation sites (tertiary alicyclic amines) is 1. The van der Waals surface area contributed by atoms with Crippen molar-refractivity contribution in [3.8, 4) is 0 Å². The van der Waals surface area contributed by atoms with Gasteiger partial charge < -0.3 is 15.5 Å². The van der Waals surface area contributed by atoms with Crippen molar-refractivity contribution in [3.05, 3.63) is 0 Å². The Morgan fingerprint density at radius 2 is 1.90 bits per heavy atom. The number of nitrogens with zero attached hydrogens (tertiary/aromatic N) is 2. The minimum Gasteiger partial charge on any atom is -0.357 e. The van der Waals surface area contributed by atoms with E-state index < -0.39 is 0 Å². The number of aliphatic imine (C=N–C) groups is 1. The highest BCUT2D eigenvalue weighted by Gasteiger charge is 2.20. The van der Waals surface area contributed by atoms with E-state index in [1.54, 1.807) is 0 Å². The SMILES string of the molecule is CCNC(=NCCN1CC(C)CC(C)C1)NC(C)CC. The smallest absolute Gasteiger partial charge is 0.191 e. The highest BCUT2D eigenvalue weighted by molar-refractivity contribution is 5.80. The van der Waals surface area contributed by atoms with Gasteiger partial charge in [-0.05, 0) is 38.5 Å². The van der Waals surface area contributed by atoms with Crippen molar-refractivity contribution in [1.82, 2.24) is 15.5 Å². The Balaban J connectivity index is 2.38. The molecule has 2 N–H and O–H groups in total. The summed E-state index contributed by atoms with van der Waals surface area (Å²) in [6.07, 6.45) is 2.49. The summed E-state index contributed by atoms with van der Waals surface area (Å²) in [5.74, 6) is 2.61. The van der Waals surface area contributed by atoms with Gasteiger partial charge in [-0.1, -0.05) is 20.8 Å². The Hall–Kier alpha value is -0.770. The standard InChI is InChI=1S/C16H34N4/c1-6-15(5)19-16(17-7-2)18-8-9-20-11-13(3)10-14(4)12-20/h13-15H,6-12H2,1-5H3,(H2,17,18,19). The molecule has 4 heteroatoms. The average Bonchev–Trinajstić information content (AvgIpc) is 2.37. The Morgan fingerprint density at radius 3 is 2.45 bits per heavy atom. The molecule has 0 aromatic rings. The molecular weight excluding hydrogens is 248 g/mol. The summed E-state index contributed by atoms with van der Waals surface area (Å²) in [6.45, 7) is 16.6. The van der Waals surface area contributed by atoms with Crippen molar-refractivity contribution in [2.45, 2.75) is 53.5 Å². The van der Waals surface area contributed by atoms with Crippen LogP contribution in [0, 0.1) is 11.8 Å². The summed E-state index contributed by atoms with van der Waals surface area (Å²) in [5.41, 5.74) is 0. The third kappa shape index (κ3) is 6.60. The van der Waals surface area contributed by atoms with Crippen LogP contribution in [-0.2, 0) is 0 Å². The van der Waals surface area contributed by atoms with E-state index in [1.165, 1.54) is 19.5 Å². The normalized spacial score (nSPS) is 26.4. The van der Waals surface area contributed by atoms with Crippen LogP contribution in [0.5, 0.6) is 0 Å². The van der Waals surface area contributed by atoms with Crippen LogP contribution in [0.4, 0.5) is 0 Å². The first-order valence-corrected chi connectivity index (χ1v) is 8.32. The summed E-state index contributed by atoms with van der Waals surface area (Å²) in [4.78, 5) is 7.26. The van der Waals surface area contributed by atoms with E-state index in [9.17, 15) is 0 Å². The van der Waals surface area contributed by atoms with E-state index in [2.05, 4.69) is 50.2 Å². The van der Waals surface area contributed by atoms with Crippen molar-refractivity contribution in [1.29, 1.82) is 0 Å². The van der Waals surface area contributed by atoms with Gasteiger partial charge in [0.05, 0.1) is 6.54 Å². The van der Waals surface area contributed by atoms with Crippen LogP contribution in [-0.4, -0.2) is 49.6 Å². The maximum atomic E-state index is 4.70. The Bertz CT molecular complexity index is 280. The summed E-state index contributed by atoms with van der Waals surface area (Å²) in [7, 11) is 0. The monoisotopic (exact) mass is 282 g/mol. The fourth-order valence-electron chi connectivity index (χ4n) is 2.93. The zero-order valence-corrected chi connectivity index (χ0v) is 14.1. The molecule has 20 heavy (non-hydrogen) atoms. The largest absolute Gasteiger partial charge is 0.357 e. The Kier molecular flexibility index (Phi) is 7.97. The maximum absolute atomic E-state index is 4.70. The van der Waals surface area contributed by atoms with Crippen molar-refractivity contribution in [2.75, 3.05) is 32.7 Å². The van der Waals surface area contributed by atoms with Gasteiger partial charge in [-0.3, -0.25) is 4.99 Å². The maximum Gasteiger partial charge on any atom is 0.191 e. The van der Waals surface area contributed by atoms with E-state index >= 15 is 0 Å². The molecule has 0 spiro atoms. The highest BCUT2D eigenvalue weighted by Crippen LogP contribution is 2.20. The van der Waals surface area contributed by atoms with Gasteiger partial charge in [-0.25, -0.2) is 0 Å². The molecule has 3 atom stereocenters. The summed E-state index contributed by atoms with van der Waals surface area (Å²) in [5, 5.41) is 6.77. The van der Waals surface area contributed by atoms with Crippen LogP contribution in [0.1, 0.15) is 47.5 Å². The second-order valence-corrected chi connectivity index (χ2v) is 6.42. The van der Waals surface area contributed by atoms with E-state index in [0.29, 0.717) is 6.04 Å². The van der Waals surface area contributed by atoms with Crippen LogP contribution >= 0.6 is 0 Å². The first-order chi connectivity index (χ1) is 9.55. The van der Waals surface area contributed by atoms with E-state index in [-0.39, 0.29) is 0 Å². The fourth-order valence-corrected chi connectivity index (χ4v) is 2.93. The number of nitrogens with one attached hydrogen (secondary N) is 2. The first-order valence-electron chi connectivity index (χ1n) is 8.32. The van der Waals surface area contributed by atoms with Crippen LogP contribution in [0.2, 0.25) is 0 Å². The molecule has 1 aliphatic rings. The van der Waals surface area contributed by atoms with Gasteiger partial charge in [-0.15, -0.1) is 0 Å². The molecule has 1 rings (SSSR count). The zero-order chi connectivity index (χ0) is 15.0. The predicted molar refractivity (Wildman–Crippen MR) is 88.3 cm³/mol. The van der Waals surface area contributed by atoms with Gasteiger partial charge in [0.15, 0.2) is 5.96 Å². The zero-order valence-electron chi connectivity index (χ0n) is 14.1. The third-order valence-electron chi connectivity index (χ3n) is 3.97. The lowest BCUT2D eigenvalue weighted by Crippen LogP contribution is -2.43. The van der Waals surface area contributed by atoms with Gasteiger partial charge in [0.1, 0.15) is 0 Å².